The van der Waals surface area contributed by atoms with Crippen LogP contribution in [0.3, 0.4) is 0 Å². The van der Waals surface area contributed by atoms with Crippen molar-refractivity contribution in [2.75, 3.05) is 7.11 Å². The standard InChI is InChI=1S/C20H30O/c1-10-14(2)11-15-12-16(19(3,4)5)18(21-9)17(13-15)20(6,7)8/h1,12-14H,11H2,2-9H3. The molecule has 1 aromatic rings. The quantitative estimate of drug-likeness (QED) is 0.702. The molecular formula is C20H30O. The smallest absolute Gasteiger partial charge is 0.126 e. The molecule has 1 rings (SSSR count). The van der Waals surface area contributed by atoms with Gasteiger partial charge in [-0.05, 0) is 22.8 Å². The van der Waals surface area contributed by atoms with Gasteiger partial charge in [-0.2, -0.15) is 0 Å². The molecule has 1 nitrogen and oxygen atoms in total. The number of rotatable bonds is 3. The molecule has 1 heteroatoms. The predicted molar refractivity (Wildman–Crippen MR) is 92.1 cm³/mol. The molecule has 0 aliphatic rings. The van der Waals surface area contributed by atoms with Crippen LogP contribution in [0.2, 0.25) is 0 Å². The van der Waals surface area contributed by atoms with Crippen LogP contribution < -0.4 is 4.74 Å². The van der Waals surface area contributed by atoms with Crippen molar-refractivity contribution in [3.8, 4) is 18.1 Å². The van der Waals surface area contributed by atoms with Gasteiger partial charge < -0.3 is 4.74 Å². The number of ether oxygens (including phenoxy) is 1. The topological polar surface area (TPSA) is 9.23 Å². The van der Waals surface area contributed by atoms with E-state index in [9.17, 15) is 0 Å². The van der Waals surface area contributed by atoms with Crippen molar-refractivity contribution in [1.29, 1.82) is 0 Å². The summed E-state index contributed by atoms with van der Waals surface area (Å²) < 4.78 is 5.78. The Bertz CT molecular complexity index is 497. The van der Waals surface area contributed by atoms with Crippen molar-refractivity contribution in [1.82, 2.24) is 0 Å². The summed E-state index contributed by atoms with van der Waals surface area (Å²) in [4.78, 5) is 0. The number of methoxy groups -OCH3 is 1. The minimum Gasteiger partial charge on any atom is -0.496 e. The van der Waals surface area contributed by atoms with Crippen LogP contribution in [0.5, 0.6) is 5.75 Å². The van der Waals surface area contributed by atoms with E-state index in [1.807, 2.05) is 0 Å². The van der Waals surface area contributed by atoms with Crippen LogP contribution in [0.15, 0.2) is 12.1 Å². The van der Waals surface area contributed by atoms with E-state index in [0.717, 1.165) is 12.2 Å². The Kier molecular flexibility index (Phi) is 5.16. The lowest BCUT2D eigenvalue weighted by Crippen LogP contribution is -2.20. The first-order chi connectivity index (χ1) is 9.50. The molecule has 0 saturated heterocycles. The number of hydrogen-bond acceptors (Lipinski definition) is 1. The third kappa shape index (κ3) is 4.27. The van der Waals surface area contributed by atoms with Crippen molar-refractivity contribution in [2.45, 2.75) is 65.7 Å². The van der Waals surface area contributed by atoms with E-state index in [-0.39, 0.29) is 16.7 Å². The van der Waals surface area contributed by atoms with Crippen molar-refractivity contribution in [2.24, 2.45) is 5.92 Å². The highest BCUT2D eigenvalue weighted by Crippen LogP contribution is 2.40. The summed E-state index contributed by atoms with van der Waals surface area (Å²) in [6.07, 6.45) is 6.46. The highest BCUT2D eigenvalue weighted by atomic mass is 16.5. The molecule has 0 spiro atoms. The lowest BCUT2D eigenvalue weighted by molar-refractivity contribution is 0.381. The van der Waals surface area contributed by atoms with Crippen molar-refractivity contribution < 1.29 is 4.74 Å². The molecule has 0 N–H and O–H groups in total. The molecule has 0 aliphatic carbocycles. The molecule has 0 bridgehead atoms. The first kappa shape index (κ1) is 17.6. The summed E-state index contributed by atoms with van der Waals surface area (Å²) >= 11 is 0. The second-order valence-electron chi connectivity index (χ2n) is 8.00. The highest BCUT2D eigenvalue weighted by Gasteiger charge is 2.27. The summed E-state index contributed by atoms with van der Waals surface area (Å²) in [5, 5.41) is 0. The number of terminal acetylenes is 1. The minimum atomic E-state index is 0.0424. The molecule has 0 saturated carbocycles. The minimum absolute atomic E-state index is 0.0424. The maximum atomic E-state index is 5.78. The zero-order chi connectivity index (χ0) is 16.4. The Morgan fingerprint density at radius 3 is 1.76 bits per heavy atom. The molecule has 0 amide bonds. The van der Waals surface area contributed by atoms with Gasteiger partial charge in [-0.1, -0.05) is 60.6 Å². The van der Waals surface area contributed by atoms with Crippen LogP contribution in [-0.4, -0.2) is 7.11 Å². The summed E-state index contributed by atoms with van der Waals surface area (Å²) in [5.41, 5.74) is 3.91. The van der Waals surface area contributed by atoms with Gasteiger partial charge in [-0.25, -0.2) is 0 Å². The van der Waals surface area contributed by atoms with Crippen LogP contribution in [0, 0.1) is 18.3 Å². The van der Waals surface area contributed by atoms with Gasteiger partial charge in [-0.15, -0.1) is 12.3 Å². The van der Waals surface area contributed by atoms with Gasteiger partial charge in [-0.3, -0.25) is 0 Å². The van der Waals surface area contributed by atoms with E-state index in [0.29, 0.717) is 0 Å². The molecule has 116 valence electrons. The van der Waals surface area contributed by atoms with E-state index in [4.69, 9.17) is 11.2 Å². The Balaban J connectivity index is 3.56. The van der Waals surface area contributed by atoms with Gasteiger partial charge in [0, 0.05) is 17.0 Å². The zero-order valence-corrected chi connectivity index (χ0v) is 14.9. The van der Waals surface area contributed by atoms with E-state index in [2.05, 4.69) is 66.5 Å². The maximum absolute atomic E-state index is 5.78. The fourth-order valence-corrected chi connectivity index (χ4v) is 2.55. The molecule has 0 aromatic heterocycles. The van der Waals surface area contributed by atoms with Crippen molar-refractivity contribution in [3.63, 3.8) is 0 Å². The maximum Gasteiger partial charge on any atom is 0.126 e. The average Bonchev–Trinajstić information content (AvgIpc) is 2.35. The number of hydrogen-bond donors (Lipinski definition) is 0. The van der Waals surface area contributed by atoms with Crippen LogP contribution in [0.4, 0.5) is 0 Å². The molecule has 21 heavy (non-hydrogen) atoms. The van der Waals surface area contributed by atoms with Crippen molar-refractivity contribution >= 4 is 0 Å². The third-order valence-electron chi connectivity index (χ3n) is 3.80. The monoisotopic (exact) mass is 286 g/mol. The first-order valence-corrected chi connectivity index (χ1v) is 7.68. The fraction of sp³-hybridized carbons (Fsp3) is 0.600. The molecule has 0 radical (unpaired) electrons. The van der Waals surface area contributed by atoms with Gasteiger partial charge in [0.05, 0.1) is 7.11 Å². The summed E-state index contributed by atoms with van der Waals surface area (Å²) in [6.45, 7) is 15.5. The van der Waals surface area contributed by atoms with E-state index in [1.54, 1.807) is 7.11 Å². The average molecular weight is 286 g/mol. The van der Waals surface area contributed by atoms with Crippen LogP contribution in [-0.2, 0) is 17.3 Å². The van der Waals surface area contributed by atoms with Gasteiger partial charge in [0.15, 0.2) is 0 Å². The molecule has 1 atom stereocenters. The first-order valence-electron chi connectivity index (χ1n) is 7.68. The van der Waals surface area contributed by atoms with Gasteiger partial charge in [0.1, 0.15) is 5.75 Å². The molecule has 0 fully saturated rings. The van der Waals surface area contributed by atoms with E-state index >= 15 is 0 Å². The lowest BCUT2D eigenvalue weighted by atomic mass is 9.77. The van der Waals surface area contributed by atoms with Crippen molar-refractivity contribution in [3.05, 3.63) is 28.8 Å². The molecular weight excluding hydrogens is 256 g/mol. The second-order valence-corrected chi connectivity index (χ2v) is 8.00. The third-order valence-corrected chi connectivity index (χ3v) is 3.80. The van der Waals surface area contributed by atoms with E-state index < -0.39 is 0 Å². The largest absolute Gasteiger partial charge is 0.496 e. The molecule has 1 aromatic carbocycles. The Hall–Kier alpha value is -1.42. The fourth-order valence-electron chi connectivity index (χ4n) is 2.55. The van der Waals surface area contributed by atoms with Gasteiger partial charge in [0.2, 0.25) is 0 Å². The predicted octanol–water partition coefficient (Wildman–Crippen LogP) is 5.10. The molecule has 1 unspecified atom stereocenters. The Labute approximate surface area is 131 Å². The summed E-state index contributed by atoms with van der Waals surface area (Å²) in [7, 11) is 1.77. The SMILES string of the molecule is C#CC(C)Cc1cc(C(C)(C)C)c(OC)c(C(C)(C)C)c1. The van der Waals surface area contributed by atoms with Gasteiger partial charge >= 0.3 is 0 Å². The summed E-state index contributed by atoms with van der Waals surface area (Å²) in [5.74, 6) is 4.10. The summed E-state index contributed by atoms with van der Waals surface area (Å²) in [6, 6.07) is 4.53. The second kappa shape index (κ2) is 6.14. The highest BCUT2D eigenvalue weighted by molar-refractivity contribution is 5.51. The Morgan fingerprint density at radius 2 is 1.48 bits per heavy atom. The zero-order valence-electron chi connectivity index (χ0n) is 14.9. The van der Waals surface area contributed by atoms with E-state index in [1.165, 1.54) is 16.7 Å². The molecule has 0 aliphatic heterocycles. The van der Waals surface area contributed by atoms with Crippen LogP contribution in [0.1, 0.15) is 65.2 Å². The normalized spacial score (nSPS) is 13.7. The molecule has 0 heterocycles. The van der Waals surface area contributed by atoms with Gasteiger partial charge in [0.25, 0.3) is 0 Å². The van der Waals surface area contributed by atoms with Crippen LogP contribution in [0.25, 0.3) is 0 Å². The van der Waals surface area contributed by atoms with Crippen LogP contribution >= 0.6 is 0 Å². The Morgan fingerprint density at radius 1 is 1.05 bits per heavy atom. The number of benzene rings is 1. The lowest BCUT2D eigenvalue weighted by Gasteiger charge is -2.30.